The third-order valence-corrected chi connectivity index (χ3v) is 6.21. The van der Waals surface area contributed by atoms with Crippen LogP contribution in [-0.4, -0.2) is 51.0 Å². The van der Waals surface area contributed by atoms with Gasteiger partial charge in [0.1, 0.15) is 11.6 Å². The van der Waals surface area contributed by atoms with Crippen molar-refractivity contribution in [2.24, 2.45) is 0 Å². The minimum absolute atomic E-state index is 0.382. The summed E-state index contributed by atoms with van der Waals surface area (Å²) in [6, 6.07) is 9.79. The highest BCUT2D eigenvalue weighted by Gasteiger charge is 2.20. The van der Waals surface area contributed by atoms with E-state index in [0.29, 0.717) is 11.4 Å². The summed E-state index contributed by atoms with van der Waals surface area (Å²) >= 11 is 0. The number of aromatic nitrogens is 4. The van der Waals surface area contributed by atoms with Gasteiger partial charge in [-0.15, -0.1) is 0 Å². The molecule has 1 aromatic carbocycles. The Morgan fingerprint density at radius 2 is 2.00 bits per heavy atom. The number of H-pyrrole nitrogens is 1. The van der Waals surface area contributed by atoms with E-state index in [1.54, 1.807) is 6.20 Å². The molecule has 0 aliphatic carbocycles. The van der Waals surface area contributed by atoms with Crippen molar-refractivity contribution >= 4 is 16.7 Å². The molecule has 1 aliphatic rings. The number of hydrogen-bond acceptors (Lipinski definition) is 5. The van der Waals surface area contributed by atoms with E-state index in [1.165, 1.54) is 28.8 Å². The van der Waals surface area contributed by atoms with Crippen LogP contribution in [0, 0.1) is 5.82 Å². The van der Waals surface area contributed by atoms with Gasteiger partial charge in [0, 0.05) is 60.5 Å². The predicted octanol–water partition coefficient (Wildman–Crippen LogP) is 4.23. The van der Waals surface area contributed by atoms with Gasteiger partial charge in [0.2, 0.25) is 0 Å². The second-order valence-corrected chi connectivity index (χ2v) is 8.18. The molecule has 0 saturated heterocycles. The Morgan fingerprint density at radius 3 is 2.88 bits per heavy atom. The highest BCUT2D eigenvalue weighted by molar-refractivity contribution is 5.83. The van der Waals surface area contributed by atoms with Crippen LogP contribution in [0.5, 0.6) is 0 Å². The summed E-state index contributed by atoms with van der Waals surface area (Å²) in [5.74, 6) is 0.995. The molecule has 164 valence electrons. The molecule has 4 heterocycles. The van der Waals surface area contributed by atoms with Gasteiger partial charge in [-0.25, -0.2) is 14.4 Å². The molecule has 0 bridgehead atoms. The number of aromatic amines is 1. The smallest absolute Gasteiger partial charge is 0.163 e. The third-order valence-electron chi connectivity index (χ3n) is 6.21. The van der Waals surface area contributed by atoms with Crippen molar-refractivity contribution in [3.8, 4) is 11.4 Å². The summed E-state index contributed by atoms with van der Waals surface area (Å²) in [6.45, 7) is 5.92. The quantitative estimate of drug-likeness (QED) is 0.479. The molecule has 4 aromatic rings. The van der Waals surface area contributed by atoms with Crippen LogP contribution in [0.4, 0.5) is 10.2 Å². The number of nitrogens with one attached hydrogen (secondary N) is 2. The molecule has 5 rings (SSSR count). The largest absolute Gasteiger partial charge is 0.369 e. The van der Waals surface area contributed by atoms with Crippen LogP contribution in [0.3, 0.4) is 0 Å². The van der Waals surface area contributed by atoms with Gasteiger partial charge in [-0.1, -0.05) is 25.1 Å². The van der Waals surface area contributed by atoms with Crippen LogP contribution in [0.1, 0.15) is 23.7 Å². The zero-order valence-electron chi connectivity index (χ0n) is 18.2. The Hall–Kier alpha value is -3.32. The SMILES string of the molecule is CCN1CCc2nc(-c3cncc(F)c3)nc(NCCc3c[nH]c4ccccc34)c2CC1. The molecule has 7 heteroatoms. The molecule has 0 unspecified atom stereocenters. The van der Waals surface area contributed by atoms with Gasteiger partial charge in [0.25, 0.3) is 0 Å². The fourth-order valence-electron chi connectivity index (χ4n) is 4.43. The average Bonchev–Trinajstić information content (AvgIpc) is 3.10. The van der Waals surface area contributed by atoms with E-state index in [2.05, 4.69) is 51.5 Å². The lowest BCUT2D eigenvalue weighted by atomic mass is 10.1. The highest BCUT2D eigenvalue weighted by Crippen LogP contribution is 2.26. The number of halogens is 1. The van der Waals surface area contributed by atoms with Gasteiger partial charge in [0.15, 0.2) is 5.82 Å². The molecule has 1 aliphatic heterocycles. The monoisotopic (exact) mass is 430 g/mol. The number of benzene rings is 1. The zero-order valence-corrected chi connectivity index (χ0v) is 18.2. The van der Waals surface area contributed by atoms with E-state index in [-0.39, 0.29) is 5.82 Å². The standard InChI is InChI=1S/C25H27FN6/c1-2-32-11-8-21-23(9-12-32)30-24(18-13-19(26)16-27-14-18)31-25(21)28-10-7-17-15-29-22-6-4-3-5-20(17)22/h3-6,13-16,29H,2,7-12H2,1H3,(H,28,30,31). The summed E-state index contributed by atoms with van der Waals surface area (Å²) in [5, 5.41) is 4.81. The maximum absolute atomic E-state index is 13.8. The summed E-state index contributed by atoms with van der Waals surface area (Å²) in [6.07, 6.45) is 7.54. The van der Waals surface area contributed by atoms with Crippen LogP contribution < -0.4 is 5.32 Å². The number of anilines is 1. The van der Waals surface area contributed by atoms with Crippen molar-refractivity contribution < 1.29 is 4.39 Å². The maximum atomic E-state index is 13.8. The molecule has 2 N–H and O–H groups in total. The molecule has 0 atom stereocenters. The summed E-state index contributed by atoms with van der Waals surface area (Å²) < 4.78 is 13.8. The van der Waals surface area contributed by atoms with Gasteiger partial charge < -0.3 is 15.2 Å². The summed E-state index contributed by atoms with van der Waals surface area (Å²) in [7, 11) is 0. The Bertz CT molecular complexity index is 1230. The maximum Gasteiger partial charge on any atom is 0.163 e. The Kier molecular flexibility index (Phi) is 5.81. The molecule has 3 aromatic heterocycles. The highest BCUT2D eigenvalue weighted by atomic mass is 19.1. The first-order valence-electron chi connectivity index (χ1n) is 11.2. The second kappa shape index (κ2) is 9.04. The van der Waals surface area contributed by atoms with E-state index >= 15 is 0 Å². The Labute approximate surface area is 186 Å². The Balaban J connectivity index is 1.43. The Morgan fingerprint density at radius 1 is 1.12 bits per heavy atom. The van der Waals surface area contributed by atoms with E-state index in [1.807, 2.05) is 6.07 Å². The van der Waals surface area contributed by atoms with Gasteiger partial charge >= 0.3 is 0 Å². The van der Waals surface area contributed by atoms with E-state index in [9.17, 15) is 4.39 Å². The van der Waals surface area contributed by atoms with Crippen molar-refractivity contribution in [3.05, 3.63) is 71.6 Å². The molecule has 0 amide bonds. The number of fused-ring (bicyclic) bond motifs is 2. The fourth-order valence-corrected chi connectivity index (χ4v) is 4.43. The lowest BCUT2D eigenvalue weighted by Gasteiger charge is -2.16. The predicted molar refractivity (Wildman–Crippen MR) is 125 cm³/mol. The van der Waals surface area contributed by atoms with Crippen LogP contribution in [0.2, 0.25) is 0 Å². The van der Waals surface area contributed by atoms with Crippen molar-refractivity contribution in [3.63, 3.8) is 0 Å². The van der Waals surface area contributed by atoms with Crippen molar-refractivity contribution in [2.75, 3.05) is 31.5 Å². The van der Waals surface area contributed by atoms with Crippen molar-refractivity contribution in [1.82, 2.24) is 24.8 Å². The lowest BCUT2D eigenvalue weighted by Crippen LogP contribution is -2.25. The summed E-state index contributed by atoms with van der Waals surface area (Å²) in [5.41, 5.74) is 5.25. The van der Waals surface area contributed by atoms with Gasteiger partial charge in [-0.3, -0.25) is 4.98 Å². The normalized spacial score (nSPS) is 14.3. The van der Waals surface area contributed by atoms with Crippen LogP contribution in [0.25, 0.3) is 22.3 Å². The molecule has 0 spiro atoms. The first-order valence-corrected chi connectivity index (χ1v) is 11.2. The van der Waals surface area contributed by atoms with E-state index < -0.39 is 0 Å². The number of hydrogen-bond donors (Lipinski definition) is 2. The van der Waals surface area contributed by atoms with Crippen LogP contribution in [-0.2, 0) is 19.3 Å². The minimum atomic E-state index is -0.382. The molecule has 0 saturated carbocycles. The molecule has 32 heavy (non-hydrogen) atoms. The molecule has 0 fully saturated rings. The van der Waals surface area contributed by atoms with Gasteiger partial charge in [-0.2, -0.15) is 0 Å². The topological polar surface area (TPSA) is 69.7 Å². The zero-order chi connectivity index (χ0) is 21.9. The van der Waals surface area contributed by atoms with E-state index in [4.69, 9.17) is 9.97 Å². The number of likely N-dealkylation sites (N-methyl/N-ethyl adjacent to an activating group) is 1. The van der Waals surface area contributed by atoms with Crippen molar-refractivity contribution in [2.45, 2.75) is 26.2 Å². The number of nitrogens with zero attached hydrogens (tertiary/aromatic N) is 4. The number of rotatable bonds is 6. The summed E-state index contributed by atoms with van der Waals surface area (Å²) in [4.78, 5) is 19.4. The molecular formula is C25H27FN6. The van der Waals surface area contributed by atoms with Crippen molar-refractivity contribution in [1.29, 1.82) is 0 Å². The molecular weight excluding hydrogens is 403 g/mol. The lowest BCUT2D eigenvalue weighted by molar-refractivity contribution is 0.303. The third kappa shape index (κ3) is 4.21. The van der Waals surface area contributed by atoms with Gasteiger partial charge in [0.05, 0.1) is 11.9 Å². The number of pyridine rings is 1. The van der Waals surface area contributed by atoms with Crippen LogP contribution >= 0.6 is 0 Å². The minimum Gasteiger partial charge on any atom is -0.369 e. The molecule has 0 radical (unpaired) electrons. The van der Waals surface area contributed by atoms with Gasteiger partial charge in [-0.05, 0) is 37.1 Å². The number of para-hydroxylation sites is 1. The van der Waals surface area contributed by atoms with Crippen LogP contribution in [0.15, 0.2) is 48.9 Å². The first-order chi connectivity index (χ1) is 15.7. The second-order valence-electron chi connectivity index (χ2n) is 8.18. The average molecular weight is 431 g/mol. The molecule has 6 nitrogen and oxygen atoms in total. The first kappa shape index (κ1) is 20.6. The fraction of sp³-hybridized carbons (Fsp3) is 0.320. The van der Waals surface area contributed by atoms with E-state index in [0.717, 1.165) is 62.5 Å².